The number of carbonyl (C=O) groups excluding carboxylic acids is 1. The molecule has 0 aliphatic carbocycles. The number of carbonyl (C=O) groups is 1. The van der Waals surface area contributed by atoms with E-state index in [2.05, 4.69) is 22.2 Å². The summed E-state index contributed by atoms with van der Waals surface area (Å²) in [6.45, 7) is 4.13. The molecule has 4 aromatic rings. The van der Waals surface area contributed by atoms with Crippen molar-refractivity contribution in [3.63, 3.8) is 0 Å². The Hall–Kier alpha value is -3.37. The van der Waals surface area contributed by atoms with Gasteiger partial charge in [-0.1, -0.05) is 32.0 Å². The van der Waals surface area contributed by atoms with Crippen LogP contribution in [0.4, 0.5) is 13.2 Å². The molecule has 6 nitrogen and oxygen atoms in total. The van der Waals surface area contributed by atoms with Gasteiger partial charge in [-0.05, 0) is 48.1 Å². The summed E-state index contributed by atoms with van der Waals surface area (Å²) in [5, 5.41) is 13.7. The van der Waals surface area contributed by atoms with Crippen molar-refractivity contribution >= 4 is 23.3 Å². The molecule has 1 amide bonds. The molecule has 0 spiro atoms. The standard InChI is InChI=1S/C26H25F3N4O2S/c1-3-21-23(24(34)19-7-5-6-8-20(19)26(27,28)29)32-22-13-16(11-12-33(21)22)25(35)31-14-17-9-10-18(15-30-17)36-4-2/h5-13,15,24,34H,3-4,14H2,1-2H3,(H,31,35). The molecule has 0 fully saturated rings. The van der Waals surface area contributed by atoms with Gasteiger partial charge in [-0.25, -0.2) is 4.98 Å². The number of fused-ring (bicyclic) bond motifs is 1. The molecule has 3 aromatic heterocycles. The second-order valence-corrected chi connectivity index (χ2v) is 9.37. The average Bonchev–Trinajstić information content (AvgIpc) is 3.25. The zero-order valence-corrected chi connectivity index (χ0v) is 20.5. The number of halogens is 3. The first-order valence-electron chi connectivity index (χ1n) is 11.4. The lowest BCUT2D eigenvalue weighted by molar-refractivity contribution is -0.139. The van der Waals surface area contributed by atoms with Crippen molar-refractivity contribution in [3.05, 3.63) is 94.7 Å². The Morgan fingerprint density at radius 1 is 1.17 bits per heavy atom. The van der Waals surface area contributed by atoms with Crippen molar-refractivity contribution in [1.29, 1.82) is 0 Å². The first kappa shape index (κ1) is 25.7. The van der Waals surface area contributed by atoms with Crippen molar-refractivity contribution in [1.82, 2.24) is 19.7 Å². The fourth-order valence-electron chi connectivity index (χ4n) is 4.01. The normalized spacial score (nSPS) is 12.6. The Balaban J connectivity index is 1.58. The molecule has 10 heteroatoms. The highest BCUT2D eigenvalue weighted by Gasteiger charge is 2.36. The van der Waals surface area contributed by atoms with Crippen LogP contribution in [0.2, 0.25) is 0 Å². The Bertz CT molecular complexity index is 1370. The Morgan fingerprint density at radius 2 is 1.94 bits per heavy atom. The number of benzene rings is 1. The van der Waals surface area contributed by atoms with E-state index < -0.39 is 17.8 Å². The zero-order valence-electron chi connectivity index (χ0n) is 19.7. The number of hydrogen-bond acceptors (Lipinski definition) is 5. The first-order valence-corrected chi connectivity index (χ1v) is 12.4. The Morgan fingerprint density at radius 3 is 2.61 bits per heavy atom. The van der Waals surface area contributed by atoms with E-state index in [1.807, 2.05) is 19.1 Å². The minimum Gasteiger partial charge on any atom is -0.382 e. The van der Waals surface area contributed by atoms with Gasteiger partial charge in [0.2, 0.25) is 0 Å². The molecule has 0 saturated carbocycles. The number of alkyl halides is 3. The van der Waals surface area contributed by atoms with Crippen LogP contribution < -0.4 is 5.32 Å². The van der Waals surface area contributed by atoms with E-state index >= 15 is 0 Å². The van der Waals surface area contributed by atoms with Crippen LogP contribution >= 0.6 is 11.8 Å². The highest BCUT2D eigenvalue weighted by Crippen LogP contribution is 2.37. The molecular formula is C26H25F3N4O2S. The van der Waals surface area contributed by atoms with E-state index in [0.29, 0.717) is 29.0 Å². The molecule has 1 aromatic carbocycles. The number of hydrogen-bond donors (Lipinski definition) is 2. The second-order valence-electron chi connectivity index (χ2n) is 8.03. The maximum absolute atomic E-state index is 13.5. The summed E-state index contributed by atoms with van der Waals surface area (Å²) in [6, 6.07) is 11.9. The number of imidazole rings is 1. The van der Waals surface area contributed by atoms with Gasteiger partial charge in [0.1, 0.15) is 11.8 Å². The van der Waals surface area contributed by atoms with Gasteiger partial charge in [0.05, 0.1) is 23.5 Å². The Kier molecular flexibility index (Phi) is 7.65. The maximum Gasteiger partial charge on any atom is 0.416 e. The quantitative estimate of drug-likeness (QED) is 0.307. The minimum absolute atomic E-state index is 0.126. The highest BCUT2D eigenvalue weighted by molar-refractivity contribution is 7.99. The summed E-state index contributed by atoms with van der Waals surface area (Å²) in [4.78, 5) is 22.6. The molecule has 1 atom stereocenters. The molecule has 0 aliphatic rings. The van der Waals surface area contributed by atoms with Crippen molar-refractivity contribution in [2.75, 3.05) is 5.75 Å². The molecule has 0 radical (unpaired) electrons. The van der Waals surface area contributed by atoms with Crippen LogP contribution in [0.25, 0.3) is 5.65 Å². The third-order valence-electron chi connectivity index (χ3n) is 5.71. The summed E-state index contributed by atoms with van der Waals surface area (Å²) in [5.41, 5.74) is 0.926. The van der Waals surface area contributed by atoms with E-state index in [0.717, 1.165) is 16.7 Å². The SMILES string of the molecule is CCSc1ccc(CNC(=O)c2ccn3c(CC)c(C(O)c4ccccc4C(F)(F)F)nc3c2)nc1. The van der Waals surface area contributed by atoms with Gasteiger partial charge >= 0.3 is 6.18 Å². The minimum atomic E-state index is -4.61. The monoisotopic (exact) mass is 514 g/mol. The first-order chi connectivity index (χ1) is 17.2. The largest absolute Gasteiger partial charge is 0.416 e. The summed E-state index contributed by atoms with van der Waals surface area (Å²) >= 11 is 1.68. The van der Waals surface area contributed by atoms with E-state index in [1.165, 1.54) is 18.2 Å². The molecule has 3 heterocycles. The fraction of sp³-hybridized carbons (Fsp3) is 0.269. The van der Waals surface area contributed by atoms with Gasteiger partial charge in [-0.2, -0.15) is 13.2 Å². The van der Waals surface area contributed by atoms with Crippen LogP contribution in [0.5, 0.6) is 0 Å². The van der Waals surface area contributed by atoms with Crippen molar-refractivity contribution in [2.45, 2.75) is 44.0 Å². The smallest absolute Gasteiger partial charge is 0.382 e. The van der Waals surface area contributed by atoms with E-state index in [4.69, 9.17) is 0 Å². The number of amides is 1. The average molecular weight is 515 g/mol. The number of aryl methyl sites for hydroxylation is 1. The summed E-state index contributed by atoms with van der Waals surface area (Å²) < 4.78 is 42.2. The van der Waals surface area contributed by atoms with Crippen LogP contribution in [0, 0.1) is 0 Å². The predicted octanol–water partition coefficient (Wildman–Crippen LogP) is 5.43. The number of aromatic nitrogens is 3. The number of rotatable bonds is 8. The van der Waals surface area contributed by atoms with Crippen molar-refractivity contribution in [3.8, 4) is 0 Å². The van der Waals surface area contributed by atoms with Crippen LogP contribution in [0.15, 0.2) is 65.8 Å². The highest BCUT2D eigenvalue weighted by atomic mass is 32.2. The summed E-state index contributed by atoms with van der Waals surface area (Å²) in [5.74, 6) is 0.610. The van der Waals surface area contributed by atoms with Crippen LogP contribution in [0.1, 0.15) is 58.5 Å². The number of thioether (sulfide) groups is 1. The van der Waals surface area contributed by atoms with E-state index in [-0.39, 0.29) is 23.7 Å². The van der Waals surface area contributed by atoms with Crippen LogP contribution in [-0.2, 0) is 19.1 Å². The molecule has 1 unspecified atom stereocenters. The fourth-order valence-corrected chi connectivity index (χ4v) is 4.63. The van der Waals surface area contributed by atoms with Crippen LogP contribution in [0.3, 0.4) is 0 Å². The molecule has 2 N–H and O–H groups in total. The number of aliphatic hydroxyl groups is 1. The van der Waals surface area contributed by atoms with E-state index in [1.54, 1.807) is 40.7 Å². The lowest BCUT2D eigenvalue weighted by Crippen LogP contribution is -2.23. The molecule has 188 valence electrons. The van der Waals surface area contributed by atoms with Gasteiger partial charge in [-0.3, -0.25) is 9.78 Å². The van der Waals surface area contributed by atoms with Crippen molar-refractivity contribution in [2.24, 2.45) is 0 Å². The second kappa shape index (κ2) is 10.7. The molecule has 0 saturated heterocycles. The third kappa shape index (κ3) is 5.39. The molecular weight excluding hydrogens is 489 g/mol. The van der Waals surface area contributed by atoms with Gasteiger partial charge in [0.15, 0.2) is 0 Å². The zero-order chi connectivity index (χ0) is 25.9. The van der Waals surface area contributed by atoms with Gasteiger partial charge in [-0.15, -0.1) is 11.8 Å². The molecule has 36 heavy (non-hydrogen) atoms. The predicted molar refractivity (Wildman–Crippen MR) is 132 cm³/mol. The topological polar surface area (TPSA) is 79.5 Å². The van der Waals surface area contributed by atoms with Crippen LogP contribution in [-0.4, -0.2) is 31.1 Å². The van der Waals surface area contributed by atoms with Gasteiger partial charge in [0, 0.05) is 28.5 Å². The summed E-state index contributed by atoms with van der Waals surface area (Å²) in [6.07, 6.45) is -2.36. The Labute approximate surface area is 210 Å². The number of aliphatic hydroxyl groups excluding tert-OH is 1. The maximum atomic E-state index is 13.5. The molecule has 4 rings (SSSR count). The molecule has 0 bridgehead atoms. The summed E-state index contributed by atoms with van der Waals surface area (Å²) in [7, 11) is 0. The third-order valence-corrected chi connectivity index (χ3v) is 6.58. The lowest BCUT2D eigenvalue weighted by Gasteiger charge is -2.17. The lowest BCUT2D eigenvalue weighted by atomic mass is 9.98. The van der Waals surface area contributed by atoms with E-state index in [9.17, 15) is 23.1 Å². The van der Waals surface area contributed by atoms with Gasteiger partial charge < -0.3 is 14.8 Å². The van der Waals surface area contributed by atoms with Crippen molar-refractivity contribution < 1.29 is 23.1 Å². The number of nitrogens with one attached hydrogen (secondary N) is 1. The molecule has 0 aliphatic heterocycles. The number of pyridine rings is 2. The van der Waals surface area contributed by atoms with Gasteiger partial charge in [0.25, 0.3) is 5.91 Å². The number of nitrogens with zero attached hydrogens (tertiary/aromatic N) is 3.